The smallest absolute Gasteiger partial charge is 0.303 e. The van der Waals surface area contributed by atoms with Crippen LogP contribution in [0.2, 0.25) is 0 Å². The first kappa shape index (κ1) is 16.2. The lowest BCUT2D eigenvalue weighted by Crippen LogP contribution is -2.51. The molecule has 0 aliphatic carbocycles. The molecule has 0 N–H and O–H groups in total. The van der Waals surface area contributed by atoms with Gasteiger partial charge < -0.3 is 14.4 Å². The molecule has 0 bridgehead atoms. The summed E-state index contributed by atoms with van der Waals surface area (Å²) in [5, 5.41) is 0. The zero-order valence-corrected chi connectivity index (χ0v) is 13.1. The second kappa shape index (κ2) is 6.72. The maximum absolute atomic E-state index is 12.4. The Morgan fingerprint density at radius 1 is 1.32 bits per heavy atom. The fourth-order valence-electron chi connectivity index (χ4n) is 2.48. The Hall–Kier alpha value is -2.18. The molecule has 2 heterocycles. The summed E-state index contributed by atoms with van der Waals surface area (Å²) in [5.74, 6) is -0.0939. The van der Waals surface area contributed by atoms with Gasteiger partial charge in [0.2, 0.25) is 5.88 Å². The molecule has 120 valence electrons. The summed E-state index contributed by atoms with van der Waals surface area (Å²) in [6.07, 6.45) is 4.52. The molecular formula is C15H21N3O4. The van der Waals surface area contributed by atoms with Crippen molar-refractivity contribution in [2.45, 2.75) is 45.3 Å². The van der Waals surface area contributed by atoms with Crippen LogP contribution in [0.15, 0.2) is 18.6 Å². The number of amides is 1. The van der Waals surface area contributed by atoms with E-state index >= 15 is 0 Å². The highest BCUT2D eigenvalue weighted by atomic mass is 16.6. The number of esters is 1. The van der Waals surface area contributed by atoms with Gasteiger partial charge in [0.1, 0.15) is 12.4 Å². The molecule has 0 unspecified atom stereocenters. The van der Waals surface area contributed by atoms with E-state index in [1.807, 2.05) is 0 Å². The van der Waals surface area contributed by atoms with Crippen molar-refractivity contribution in [3.8, 4) is 5.88 Å². The second-order valence-corrected chi connectivity index (χ2v) is 5.76. The molecule has 0 atom stereocenters. The minimum Gasteiger partial charge on any atom is -0.474 e. The normalized spacial score (nSPS) is 16.2. The lowest BCUT2D eigenvalue weighted by Gasteiger charge is -2.36. The Labute approximate surface area is 129 Å². The summed E-state index contributed by atoms with van der Waals surface area (Å²) in [7, 11) is 0. The lowest BCUT2D eigenvalue weighted by molar-refractivity contribution is -0.169. The van der Waals surface area contributed by atoms with E-state index in [1.54, 1.807) is 31.0 Å². The standard InChI is InChI=1S/C15H21N3O4/c1-11(19)22-15(2,3)14(20)18-8-5-12(6-9-18)21-13-4-7-16-10-17-13/h4,7,10,12H,5-6,8-9H2,1-3H3. The lowest BCUT2D eigenvalue weighted by atomic mass is 10.0. The van der Waals surface area contributed by atoms with Crippen LogP contribution in [0.3, 0.4) is 0 Å². The van der Waals surface area contributed by atoms with Crippen molar-refractivity contribution in [3.05, 3.63) is 18.6 Å². The largest absolute Gasteiger partial charge is 0.474 e. The predicted octanol–water partition coefficient (Wildman–Crippen LogP) is 1.19. The molecule has 7 heteroatoms. The van der Waals surface area contributed by atoms with Crippen molar-refractivity contribution in [1.82, 2.24) is 14.9 Å². The maximum Gasteiger partial charge on any atom is 0.303 e. The molecule has 0 aromatic carbocycles. The fourth-order valence-corrected chi connectivity index (χ4v) is 2.48. The first-order valence-electron chi connectivity index (χ1n) is 7.30. The molecule has 1 aromatic heterocycles. The highest BCUT2D eigenvalue weighted by molar-refractivity contribution is 5.86. The van der Waals surface area contributed by atoms with Crippen LogP contribution >= 0.6 is 0 Å². The van der Waals surface area contributed by atoms with Crippen LogP contribution in [0.25, 0.3) is 0 Å². The number of piperidine rings is 1. The highest BCUT2D eigenvalue weighted by Gasteiger charge is 2.36. The number of hydrogen-bond donors (Lipinski definition) is 0. The van der Waals surface area contributed by atoms with Crippen molar-refractivity contribution in [2.24, 2.45) is 0 Å². The van der Waals surface area contributed by atoms with Gasteiger partial charge >= 0.3 is 5.97 Å². The Bertz CT molecular complexity index is 525. The number of hydrogen-bond acceptors (Lipinski definition) is 6. The van der Waals surface area contributed by atoms with Gasteiger partial charge in [0.15, 0.2) is 5.60 Å². The molecule has 1 saturated heterocycles. The zero-order valence-electron chi connectivity index (χ0n) is 13.1. The molecule has 1 aromatic rings. The van der Waals surface area contributed by atoms with Crippen LogP contribution in [0.4, 0.5) is 0 Å². The minimum absolute atomic E-state index is 0.0239. The molecule has 7 nitrogen and oxygen atoms in total. The van der Waals surface area contributed by atoms with Crippen LogP contribution in [0, 0.1) is 0 Å². The maximum atomic E-state index is 12.4. The number of aromatic nitrogens is 2. The summed E-state index contributed by atoms with van der Waals surface area (Å²) in [5.41, 5.74) is -1.13. The summed E-state index contributed by atoms with van der Waals surface area (Å²) >= 11 is 0. The number of carbonyl (C=O) groups is 2. The third-order valence-corrected chi connectivity index (χ3v) is 3.49. The van der Waals surface area contributed by atoms with E-state index in [0.29, 0.717) is 31.8 Å². The van der Waals surface area contributed by atoms with Crippen molar-refractivity contribution in [2.75, 3.05) is 13.1 Å². The molecule has 1 aliphatic rings. The molecule has 0 saturated carbocycles. The number of likely N-dealkylation sites (tertiary alicyclic amines) is 1. The average Bonchev–Trinajstić information content (AvgIpc) is 2.47. The number of ether oxygens (including phenoxy) is 2. The van der Waals surface area contributed by atoms with Gasteiger partial charge in [0.25, 0.3) is 5.91 Å². The summed E-state index contributed by atoms with van der Waals surface area (Å²) in [4.78, 5) is 33.1. The van der Waals surface area contributed by atoms with Gasteiger partial charge in [-0.1, -0.05) is 0 Å². The quantitative estimate of drug-likeness (QED) is 0.777. The van der Waals surface area contributed by atoms with E-state index in [9.17, 15) is 9.59 Å². The van der Waals surface area contributed by atoms with Crippen molar-refractivity contribution >= 4 is 11.9 Å². The third-order valence-electron chi connectivity index (χ3n) is 3.49. The van der Waals surface area contributed by atoms with Crippen LogP contribution in [-0.4, -0.2) is 51.5 Å². The van der Waals surface area contributed by atoms with Crippen molar-refractivity contribution in [1.29, 1.82) is 0 Å². The molecule has 0 spiro atoms. The Kier molecular flexibility index (Phi) is 4.95. The van der Waals surface area contributed by atoms with Crippen LogP contribution in [0.1, 0.15) is 33.6 Å². The van der Waals surface area contributed by atoms with E-state index < -0.39 is 11.6 Å². The van der Waals surface area contributed by atoms with Gasteiger partial charge in [-0.3, -0.25) is 9.59 Å². The first-order chi connectivity index (χ1) is 10.4. The van der Waals surface area contributed by atoms with Crippen LogP contribution in [0.5, 0.6) is 5.88 Å². The Morgan fingerprint density at radius 2 is 2.00 bits per heavy atom. The molecule has 22 heavy (non-hydrogen) atoms. The predicted molar refractivity (Wildman–Crippen MR) is 78.1 cm³/mol. The molecule has 1 aliphatic heterocycles. The van der Waals surface area contributed by atoms with Crippen molar-refractivity contribution < 1.29 is 19.1 Å². The number of carbonyl (C=O) groups excluding carboxylic acids is 2. The van der Waals surface area contributed by atoms with Gasteiger partial charge in [0.05, 0.1) is 0 Å². The van der Waals surface area contributed by atoms with E-state index in [2.05, 4.69) is 9.97 Å². The second-order valence-electron chi connectivity index (χ2n) is 5.76. The third kappa shape index (κ3) is 4.16. The topological polar surface area (TPSA) is 81.6 Å². The van der Waals surface area contributed by atoms with Gasteiger partial charge in [-0.15, -0.1) is 0 Å². The average molecular weight is 307 g/mol. The molecule has 0 radical (unpaired) electrons. The minimum atomic E-state index is -1.13. The molecule has 1 amide bonds. The van der Waals surface area contributed by atoms with E-state index in [-0.39, 0.29) is 12.0 Å². The van der Waals surface area contributed by atoms with Crippen LogP contribution < -0.4 is 4.74 Å². The molecule has 1 fully saturated rings. The molecular weight excluding hydrogens is 286 g/mol. The molecule has 2 rings (SSSR count). The van der Waals surface area contributed by atoms with Gasteiger partial charge in [-0.2, -0.15) is 0 Å². The number of nitrogens with zero attached hydrogens (tertiary/aromatic N) is 3. The highest BCUT2D eigenvalue weighted by Crippen LogP contribution is 2.21. The Balaban J connectivity index is 1.86. The summed E-state index contributed by atoms with van der Waals surface area (Å²) < 4.78 is 10.9. The first-order valence-corrected chi connectivity index (χ1v) is 7.30. The van der Waals surface area contributed by atoms with E-state index in [1.165, 1.54) is 13.3 Å². The SMILES string of the molecule is CC(=O)OC(C)(C)C(=O)N1CCC(Oc2ccncn2)CC1. The monoisotopic (exact) mass is 307 g/mol. The van der Waals surface area contributed by atoms with Gasteiger partial charge in [-0.25, -0.2) is 9.97 Å². The fraction of sp³-hybridized carbons (Fsp3) is 0.600. The van der Waals surface area contributed by atoms with E-state index in [0.717, 1.165) is 0 Å². The van der Waals surface area contributed by atoms with Crippen molar-refractivity contribution in [3.63, 3.8) is 0 Å². The number of rotatable bonds is 4. The zero-order chi connectivity index (χ0) is 16.2. The van der Waals surface area contributed by atoms with Crippen LogP contribution in [-0.2, 0) is 14.3 Å². The van der Waals surface area contributed by atoms with E-state index in [4.69, 9.17) is 9.47 Å². The van der Waals surface area contributed by atoms with Gasteiger partial charge in [0, 0.05) is 45.1 Å². The summed E-state index contributed by atoms with van der Waals surface area (Å²) in [6.45, 7) is 5.66. The summed E-state index contributed by atoms with van der Waals surface area (Å²) in [6, 6.07) is 1.71. The van der Waals surface area contributed by atoms with Gasteiger partial charge in [-0.05, 0) is 13.8 Å². The Morgan fingerprint density at radius 3 is 2.55 bits per heavy atom.